The summed E-state index contributed by atoms with van der Waals surface area (Å²) < 4.78 is 52.5. The van der Waals surface area contributed by atoms with Gasteiger partial charge in [0.1, 0.15) is 23.2 Å². The highest BCUT2D eigenvalue weighted by Gasteiger charge is 2.56. The lowest BCUT2D eigenvalue weighted by molar-refractivity contribution is -0.172. The van der Waals surface area contributed by atoms with E-state index in [1.54, 1.807) is 45.0 Å². The summed E-state index contributed by atoms with van der Waals surface area (Å²) in [5.41, 5.74) is 0.325. The normalized spacial score (nSPS) is 19.5. The van der Waals surface area contributed by atoms with E-state index in [-0.39, 0.29) is 31.6 Å². The monoisotopic (exact) mass is 648 g/mol. The number of anilines is 1. The zero-order valence-electron chi connectivity index (χ0n) is 26.2. The van der Waals surface area contributed by atoms with Crippen molar-refractivity contribution in [2.24, 2.45) is 11.8 Å². The van der Waals surface area contributed by atoms with Gasteiger partial charge in [-0.2, -0.15) is 13.2 Å². The fourth-order valence-corrected chi connectivity index (χ4v) is 5.85. The van der Waals surface area contributed by atoms with E-state index in [0.29, 0.717) is 29.1 Å². The molecule has 0 radical (unpaired) electrons. The third-order valence-electron chi connectivity index (χ3n) is 8.09. The number of carboxylic acids is 1. The molecule has 1 aliphatic carbocycles. The topological polar surface area (TPSA) is 138 Å². The molecule has 14 heteroatoms. The molecule has 2 heterocycles. The summed E-state index contributed by atoms with van der Waals surface area (Å²) in [6.07, 6.45) is -1.71. The van der Waals surface area contributed by atoms with Crippen molar-refractivity contribution in [2.75, 3.05) is 12.0 Å². The van der Waals surface area contributed by atoms with Gasteiger partial charge in [-0.05, 0) is 81.3 Å². The smallest absolute Gasteiger partial charge is 0.416 e. The van der Waals surface area contributed by atoms with Crippen LogP contribution in [0.5, 0.6) is 5.75 Å². The predicted molar refractivity (Wildman–Crippen MR) is 160 cm³/mol. The number of carbonyl (C=O) groups excluding carboxylic acids is 3. The van der Waals surface area contributed by atoms with Gasteiger partial charge in [0.25, 0.3) is 0 Å². The van der Waals surface area contributed by atoms with Crippen LogP contribution in [0, 0.1) is 11.8 Å². The summed E-state index contributed by atoms with van der Waals surface area (Å²) in [6.45, 7) is 5.19. The molecule has 1 saturated heterocycles. The van der Waals surface area contributed by atoms with Gasteiger partial charge in [-0.3, -0.25) is 9.69 Å². The number of ether oxygens (including phenoxy) is 2. The Labute approximate surface area is 265 Å². The number of urea groups is 1. The SMILES string of the molecule is COc1ccc(CN(C(=O)OC(C)(C)C)c2cc(C[C@@H]3C(=O)N(C(=O)N[C@@H](C4CCCCC4)C(F)(F)F)[C@@H]3C(=O)O)ccn2)cc1. The second kappa shape index (κ2) is 14.0. The maximum atomic E-state index is 13.9. The molecule has 4 rings (SSSR count). The first-order valence-corrected chi connectivity index (χ1v) is 15.1. The van der Waals surface area contributed by atoms with Gasteiger partial charge < -0.3 is 19.9 Å². The Kier molecular flexibility index (Phi) is 10.5. The molecule has 0 spiro atoms. The molecule has 1 aliphatic heterocycles. The van der Waals surface area contributed by atoms with E-state index in [9.17, 15) is 37.5 Å². The molecule has 46 heavy (non-hydrogen) atoms. The van der Waals surface area contributed by atoms with E-state index in [4.69, 9.17) is 9.47 Å². The van der Waals surface area contributed by atoms with Crippen LogP contribution in [0.4, 0.5) is 28.6 Å². The van der Waals surface area contributed by atoms with E-state index in [2.05, 4.69) is 4.98 Å². The molecule has 2 fully saturated rings. The summed E-state index contributed by atoms with van der Waals surface area (Å²) in [5.74, 6) is -3.73. The van der Waals surface area contributed by atoms with Gasteiger partial charge in [0.05, 0.1) is 19.6 Å². The van der Waals surface area contributed by atoms with Crippen LogP contribution in [0.25, 0.3) is 0 Å². The summed E-state index contributed by atoms with van der Waals surface area (Å²) >= 11 is 0. The van der Waals surface area contributed by atoms with Crippen LogP contribution in [0.15, 0.2) is 42.6 Å². The number of halogens is 3. The Hall–Kier alpha value is -4.36. The Bertz CT molecular complexity index is 1420. The summed E-state index contributed by atoms with van der Waals surface area (Å²) in [7, 11) is 1.53. The highest BCUT2D eigenvalue weighted by molar-refractivity contribution is 6.07. The maximum Gasteiger partial charge on any atom is 0.416 e. The minimum atomic E-state index is -4.76. The molecule has 4 amide bonds. The van der Waals surface area contributed by atoms with Crippen LogP contribution in [-0.4, -0.2) is 70.0 Å². The third kappa shape index (κ3) is 8.26. The van der Waals surface area contributed by atoms with Gasteiger partial charge in [0, 0.05) is 6.20 Å². The van der Waals surface area contributed by atoms with Gasteiger partial charge in [0.2, 0.25) is 5.91 Å². The van der Waals surface area contributed by atoms with Crippen molar-refractivity contribution in [2.45, 2.75) is 89.7 Å². The number of carboxylic acid groups (broad SMARTS) is 1. The lowest BCUT2D eigenvalue weighted by Crippen LogP contribution is -2.70. The van der Waals surface area contributed by atoms with Crippen molar-refractivity contribution in [1.29, 1.82) is 0 Å². The lowest BCUT2D eigenvalue weighted by atomic mass is 9.82. The third-order valence-corrected chi connectivity index (χ3v) is 8.09. The molecule has 1 aromatic carbocycles. The first-order chi connectivity index (χ1) is 21.6. The molecule has 11 nitrogen and oxygen atoms in total. The van der Waals surface area contributed by atoms with Crippen LogP contribution in [0.1, 0.15) is 64.0 Å². The zero-order chi connectivity index (χ0) is 33.8. The van der Waals surface area contributed by atoms with E-state index in [1.165, 1.54) is 30.3 Å². The fourth-order valence-electron chi connectivity index (χ4n) is 5.85. The van der Waals surface area contributed by atoms with Crippen molar-refractivity contribution >= 4 is 29.8 Å². The number of nitrogens with one attached hydrogen (secondary N) is 1. The summed E-state index contributed by atoms with van der Waals surface area (Å²) in [6, 6.07) is 4.78. The number of pyridine rings is 1. The van der Waals surface area contributed by atoms with Crippen LogP contribution < -0.4 is 15.0 Å². The predicted octanol–water partition coefficient (Wildman–Crippen LogP) is 5.71. The average molecular weight is 649 g/mol. The maximum absolute atomic E-state index is 13.9. The van der Waals surface area contributed by atoms with Crippen LogP contribution >= 0.6 is 0 Å². The minimum Gasteiger partial charge on any atom is -0.497 e. The number of hydrogen-bond acceptors (Lipinski definition) is 7. The molecule has 2 aliphatic rings. The number of rotatable bonds is 9. The standard InChI is InChI=1S/C32H39F3N4O7/c1-31(2,3)46-30(44)38(18-19-10-12-22(45-4)13-11-19)24-17-20(14-15-36-24)16-23-25(28(41)42)39(27(23)40)29(43)37-26(32(33,34)35)21-8-6-5-7-9-21/h10-15,17,21,23,25-26H,5-9,16,18H2,1-4H3,(H,37,43)(H,41,42)/t23-,25-,26-/m0/s1. The number of benzene rings is 1. The number of likely N-dealkylation sites (tertiary alicyclic amines) is 1. The Balaban J connectivity index is 1.53. The second-order valence-corrected chi connectivity index (χ2v) is 12.6. The second-order valence-electron chi connectivity index (χ2n) is 12.6. The number of alkyl halides is 3. The molecule has 1 saturated carbocycles. The van der Waals surface area contributed by atoms with E-state index in [1.807, 2.05) is 5.32 Å². The first kappa shape index (κ1) is 34.5. The average Bonchev–Trinajstić information content (AvgIpc) is 2.99. The zero-order valence-corrected chi connectivity index (χ0v) is 26.2. The number of imide groups is 1. The highest BCUT2D eigenvalue weighted by atomic mass is 19.4. The number of nitrogens with zero attached hydrogens (tertiary/aromatic N) is 3. The number of aliphatic carboxylic acids is 1. The van der Waals surface area contributed by atoms with Gasteiger partial charge in [-0.25, -0.2) is 24.3 Å². The summed E-state index contributed by atoms with van der Waals surface area (Å²) in [5, 5.41) is 11.8. The van der Waals surface area contributed by atoms with E-state index < -0.39 is 59.7 Å². The molecule has 0 bridgehead atoms. The molecular weight excluding hydrogens is 609 g/mol. The van der Waals surface area contributed by atoms with Crippen molar-refractivity contribution in [3.8, 4) is 5.75 Å². The van der Waals surface area contributed by atoms with Crippen LogP contribution in [-0.2, 0) is 27.3 Å². The Morgan fingerprint density at radius 3 is 2.28 bits per heavy atom. The Morgan fingerprint density at radius 2 is 1.72 bits per heavy atom. The van der Waals surface area contributed by atoms with Gasteiger partial charge >= 0.3 is 24.3 Å². The number of carbonyl (C=O) groups is 4. The Morgan fingerprint density at radius 1 is 1.07 bits per heavy atom. The molecule has 0 unspecified atom stereocenters. The molecule has 250 valence electrons. The quantitative estimate of drug-likeness (QED) is 0.330. The van der Waals surface area contributed by atoms with Crippen LogP contribution in [0.2, 0.25) is 0 Å². The summed E-state index contributed by atoms with van der Waals surface area (Å²) in [4.78, 5) is 57.4. The van der Waals surface area contributed by atoms with Crippen molar-refractivity contribution in [3.05, 3.63) is 53.7 Å². The first-order valence-electron chi connectivity index (χ1n) is 15.1. The van der Waals surface area contributed by atoms with Gasteiger partial charge in [-0.1, -0.05) is 31.4 Å². The minimum absolute atomic E-state index is 0.0603. The number of β-lactam (4-membered cyclic amide) rings is 1. The number of aromatic nitrogens is 1. The highest BCUT2D eigenvalue weighted by Crippen LogP contribution is 2.36. The number of amides is 4. The van der Waals surface area contributed by atoms with Gasteiger partial charge in [-0.15, -0.1) is 0 Å². The number of hydrogen-bond donors (Lipinski definition) is 2. The van der Waals surface area contributed by atoms with E-state index >= 15 is 0 Å². The largest absolute Gasteiger partial charge is 0.497 e. The van der Waals surface area contributed by atoms with Crippen molar-refractivity contribution in [1.82, 2.24) is 15.2 Å². The van der Waals surface area contributed by atoms with Crippen LogP contribution in [0.3, 0.4) is 0 Å². The molecule has 2 N–H and O–H groups in total. The van der Waals surface area contributed by atoms with Crippen molar-refractivity contribution in [3.63, 3.8) is 0 Å². The molecule has 3 atom stereocenters. The fraction of sp³-hybridized carbons (Fsp3) is 0.531. The molecule has 2 aromatic rings. The van der Waals surface area contributed by atoms with Crippen molar-refractivity contribution < 1.29 is 46.9 Å². The molecular formula is C32H39F3N4O7. The van der Waals surface area contributed by atoms with E-state index in [0.717, 1.165) is 12.0 Å². The molecule has 1 aromatic heterocycles. The number of methoxy groups -OCH3 is 1. The van der Waals surface area contributed by atoms with Gasteiger partial charge in [0.15, 0.2) is 6.04 Å². The lowest BCUT2D eigenvalue weighted by Gasteiger charge is -2.44.